The van der Waals surface area contributed by atoms with Gasteiger partial charge in [0, 0.05) is 18.3 Å². The molecule has 5 heteroatoms. The number of carbonyl (C=O) groups excluding carboxylic acids is 2. The summed E-state index contributed by atoms with van der Waals surface area (Å²) in [6, 6.07) is 5.15. The molecule has 1 rings (SSSR count). The van der Waals surface area contributed by atoms with Crippen molar-refractivity contribution >= 4 is 23.3 Å². The van der Waals surface area contributed by atoms with Crippen LogP contribution in [-0.4, -0.2) is 25.0 Å². The minimum atomic E-state index is -0.365. The minimum Gasteiger partial charge on any atom is -0.467 e. The van der Waals surface area contributed by atoms with E-state index in [1.165, 1.54) is 14.0 Å². The lowest BCUT2D eigenvalue weighted by atomic mass is 10.1. The molecule has 1 aromatic carbocycles. The van der Waals surface area contributed by atoms with Gasteiger partial charge >= 0.3 is 5.97 Å². The van der Waals surface area contributed by atoms with E-state index in [0.717, 1.165) is 16.9 Å². The SMILES string of the molecule is CCC(Nc1ccc(NC(C)=O)c(C)c1)C(=O)OC. The van der Waals surface area contributed by atoms with Gasteiger partial charge < -0.3 is 15.4 Å². The number of carbonyl (C=O) groups is 2. The van der Waals surface area contributed by atoms with Crippen LogP contribution in [0.1, 0.15) is 25.8 Å². The third-order valence-corrected chi connectivity index (χ3v) is 2.77. The molecule has 0 aliphatic rings. The van der Waals surface area contributed by atoms with E-state index < -0.39 is 0 Å². The maximum Gasteiger partial charge on any atom is 0.328 e. The summed E-state index contributed by atoms with van der Waals surface area (Å²) in [6.45, 7) is 5.28. The predicted octanol–water partition coefficient (Wildman–Crippen LogP) is 2.32. The molecular formula is C14H20N2O3. The van der Waals surface area contributed by atoms with Crippen molar-refractivity contribution in [3.8, 4) is 0 Å². The Bertz CT molecular complexity index is 472. The van der Waals surface area contributed by atoms with Crippen molar-refractivity contribution in [2.45, 2.75) is 33.2 Å². The van der Waals surface area contributed by atoms with Crippen molar-refractivity contribution in [3.63, 3.8) is 0 Å². The number of hydrogen-bond acceptors (Lipinski definition) is 4. The van der Waals surface area contributed by atoms with Crippen LogP contribution in [0.25, 0.3) is 0 Å². The zero-order chi connectivity index (χ0) is 14.4. The van der Waals surface area contributed by atoms with Gasteiger partial charge in [-0.2, -0.15) is 0 Å². The summed E-state index contributed by atoms with van der Waals surface area (Å²) in [6.07, 6.45) is 0.638. The Labute approximate surface area is 113 Å². The van der Waals surface area contributed by atoms with Gasteiger partial charge in [-0.15, -0.1) is 0 Å². The zero-order valence-electron chi connectivity index (χ0n) is 11.7. The highest BCUT2D eigenvalue weighted by molar-refractivity contribution is 5.90. The molecule has 0 saturated heterocycles. The van der Waals surface area contributed by atoms with Crippen molar-refractivity contribution < 1.29 is 14.3 Å². The van der Waals surface area contributed by atoms with E-state index in [-0.39, 0.29) is 17.9 Å². The van der Waals surface area contributed by atoms with Crippen molar-refractivity contribution in [2.24, 2.45) is 0 Å². The maximum absolute atomic E-state index is 11.5. The molecule has 0 fully saturated rings. The highest BCUT2D eigenvalue weighted by Gasteiger charge is 2.16. The summed E-state index contributed by atoms with van der Waals surface area (Å²) in [5, 5.41) is 5.86. The molecule has 1 unspecified atom stereocenters. The molecule has 1 amide bonds. The number of aryl methyl sites for hydroxylation is 1. The Morgan fingerprint density at radius 3 is 2.53 bits per heavy atom. The monoisotopic (exact) mass is 264 g/mol. The number of benzene rings is 1. The van der Waals surface area contributed by atoms with Crippen LogP contribution in [0.4, 0.5) is 11.4 Å². The molecule has 0 aliphatic heterocycles. The Kier molecular flexibility index (Phi) is 5.36. The Morgan fingerprint density at radius 1 is 1.37 bits per heavy atom. The summed E-state index contributed by atoms with van der Waals surface area (Å²) >= 11 is 0. The highest BCUT2D eigenvalue weighted by atomic mass is 16.5. The van der Waals surface area contributed by atoms with E-state index in [1.807, 2.05) is 32.0 Å². The molecule has 0 bridgehead atoms. The van der Waals surface area contributed by atoms with Gasteiger partial charge in [-0.25, -0.2) is 4.79 Å². The molecule has 2 N–H and O–H groups in total. The fraction of sp³-hybridized carbons (Fsp3) is 0.429. The van der Waals surface area contributed by atoms with E-state index >= 15 is 0 Å². The number of ether oxygens (including phenoxy) is 1. The lowest BCUT2D eigenvalue weighted by Crippen LogP contribution is -2.29. The summed E-state index contributed by atoms with van der Waals surface area (Å²) < 4.78 is 4.72. The van der Waals surface area contributed by atoms with Crippen LogP contribution in [0.5, 0.6) is 0 Å². The molecule has 0 saturated carbocycles. The van der Waals surface area contributed by atoms with Gasteiger partial charge in [0.05, 0.1) is 7.11 Å². The fourth-order valence-corrected chi connectivity index (χ4v) is 1.75. The number of anilines is 2. The number of methoxy groups -OCH3 is 1. The zero-order valence-corrected chi connectivity index (χ0v) is 11.7. The molecule has 0 radical (unpaired) electrons. The third kappa shape index (κ3) is 4.28. The van der Waals surface area contributed by atoms with Crippen LogP contribution < -0.4 is 10.6 Å². The van der Waals surface area contributed by atoms with Crippen molar-refractivity contribution in [3.05, 3.63) is 23.8 Å². The van der Waals surface area contributed by atoms with Gasteiger partial charge in [0.25, 0.3) is 0 Å². The lowest BCUT2D eigenvalue weighted by molar-refractivity contribution is -0.141. The van der Waals surface area contributed by atoms with E-state index in [9.17, 15) is 9.59 Å². The highest BCUT2D eigenvalue weighted by Crippen LogP contribution is 2.20. The molecule has 0 aliphatic carbocycles. The molecule has 19 heavy (non-hydrogen) atoms. The average molecular weight is 264 g/mol. The second-order valence-corrected chi connectivity index (χ2v) is 4.34. The van der Waals surface area contributed by atoms with Gasteiger partial charge in [0.2, 0.25) is 5.91 Å². The number of rotatable bonds is 5. The van der Waals surface area contributed by atoms with Crippen LogP contribution >= 0.6 is 0 Å². The summed E-state index contributed by atoms with van der Waals surface area (Å²) in [4.78, 5) is 22.5. The van der Waals surface area contributed by atoms with E-state index in [0.29, 0.717) is 6.42 Å². The maximum atomic E-state index is 11.5. The van der Waals surface area contributed by atoms with Crippen LogP contribution in [0.2, 0.25) is 0 Å². The van der Waals surface area contributed by atoms with Gasteiger partial charge in [0.15, 0.2) is 0 Å². The van der Waals surface area contributed by atoms with E-state index in [4.69, 9.17) is 4.74 Å². The molecule has 0 aromatic heterocycles. The van der Waals surface area contributed by atoms with Crippen LogP contribution in [-0.2, 0) is 14.3 Å². The number of hydrogen-bond donors (Lipinski definition) is 2. The predicted molar refractivity (Wildman–Crippen MR) is 75.2 cm³/mol. The van der Waals surface area contributed by atoms with Crippen molar-refractivity contribution in [1.82, 2.24) is 0 Å². The first-order valence-corrected chi connectivity index (χ1v) is 6.20. The van der Waals surface area contributed by atoms with Crippen LogP contribution in [0.3, 0.4) is 0 Å². The molecule has 1 atom stereocenters. The Hall–Kier alpha value is -2.04. The van der Waals surface area contributed by atoms with Crippen LogP contribution in [0.15, 0.2) is 18.2 Å². The first-order chi connectivity index (χ1) is 8.97. The normalized spacial score (nSPS) is 11.6. The first kappa shape index (κ1) is 15.0. The Morgan fingerprint density at radius 2 is 2.05 bits per heavy atom. The molecule has 5 nitrogen and oxygen atoms in total. The van der Waals surface area contributed by atoms with Gasteiger partial charge in [0.1, 0.15) is 6.04 Å². The van der Waals surface area contributed by atoms with Gasteiger partial charge in [-0.1, -0.05) is 6.92 Å². The van der Waals surface area contributed by atoms with E-state index in [2.05, 4.69) is 10.6 Å². The Balaban J connectivity index is 2.83. The number of esters is 1. The lowest BCUT2D eigenvalue weighted by Gasteiger charge is -2.17. The molecular weight excluding hydrogens is 244 g/mol. The van der Waals surface area contributed by atoms with Crippen molar-refractivity contribution in [2.75, 3.05) is 17.7 Å². The quantitative estimate of drug-likeness (QED) is 0.801. The van der Waals surface area contributed by atoms with Crippen LogP contribution in [0, 0.1) is 6.92 Å². The topological polar surface area (TPSA) is 67.4 Å². The van der Waals surface area contributed by atoms with Gasteiger partial charge in [-0.05, 0) is 37.1 Å². The second-order valence-electron chi connectivity index (χ2n) is 4.34. The largest absolute Gasteiger partial charge is 0.467 e. The third-order valence-electron chi connectivity index (χ3n) is 2.77. The smallest absolute Gasteiger partial charge is 0.328 e. The second kappa shape index (κ2) is 6.78. The first-order valence-electron chi connectivity index (χ1n) is 6.20. The standard InChI is InChI=1S/C14H20N2O3/c1-5-12(14(18)19-4)16-11-6-7-13(9(2)8-11)15-10(3)17/h6-8,12,16H,5H2,1-4H3,(H,15,17). The summed E-state index contributed by atoms with van der Waals surface area (Å²) in [5.41, 5.74) is 2.52. The van der Waals surface area contributed by atoms with Gasteiger partial charge in [-0.3, -0.25) is 4.79 Å². The average Bonchev–Trinajstić information content (AvgIpc) is 2.37. The summed E-state index contributed by atoms with van der Waals surface area (Å²) in [5.74, 6) is -0.393. The molecule has 0 spiro atoms. The molecule has 1 aromatic rings. The summed E-state index contributed by atoms with van der Waals surface area (Å²) in [7, 11) is 1.37. The minimum absolute atomic E-state index is 0.107. The number of amides is 1. The molecule has 0 heterocycles. The van der Waals surface area contributed by atoms with E-state index in [1.54, 1.807) is 0 Å². The van der Waals surface area contributed by atoms with Crippen molar-refractivity contribution in [1.29, 1.82) is 0 Å². The molecule has 104 valence electrons. The number of nitrogens with one attached hydrogen (secondary N) is 2. The fourth-order valence-electron chi connectivity index (χ4n) is 1.75.